The molecule has 1 saturated carbocycles. The molecule has 19 heavy (non-hydrogen) atoms. The maximum absolute atomic E-state index is 9.57. The molecule has 0 spiro atoms. The Morgan fingerprint density at radius 1 is 1.16 bits per heavy atom. The minimum Gasteiger partial charge on any atom is -0.493 e. The first-order valence-electron chi connectivity index (χ1n) is 6.80. The van der Waals surface area contributed by atoms with E-state index in [4.69, 9.17) is 9.47 Å². The summed E-state index contributed by atoms with van der Waals surface area (Å²) in [5, 5.41) is 13.1. The molecule has 0 heterocycles. The highest BCUT2D eigenvalue weighted by molar-refractivity contribution is 5.42. The fraction of sp³-hybridized carbons (Fsp3) is 0.600. The molecule has 1 aromatic carbocycles. The van der Waals surface area contributed by atoms with Crippen LogP contribution in [0.2, 0.25) is 0 Å². The molecule has 2 N–H and O–H groups in total. The summed E-state index contributed by atoms with van der Waals surface area (Å²) in [4.78, 5) is 0. The van der Waals surface area contributed by atoms with Crippen molar-refractivity contribution in [3.63, 3.8) is 0 Å². The summed E-state index contributed by atoms with van der Waals surface area (Å²) in [6.07, 6.45) is 4.49. The second-order valence-electron chi connectivity index (χ2n) is 5.19. The van der Waals surface area contributed by atoms with Crippen LogP contribution in [-0.2, 0) is 6.54 Å². The number of hydrogen-bond donors (Lipinski definition) is 2. The number of aliphatic hydroxyl groups is 1. The highest BCUT2D eigenvalue weighted by Gasteiger charge is 2.32. The van der Waals surface area contributed by atoms with Gasteiger partial charge in [-0.2, -0.15) is 0 Å². The summed E-state index contributed by atoms with van der Waals surface area (Å²) in [5.74, 6) is 1.48. The molecule has 1 aromatic rings. The molecule has 0 amide bonds. The van der Waals surface area contributed by atoms with Crippen molar-refractivity contribution in [3.05, 3.63) is 23.8 Å². The zero-order chi connectivity index (χ0) is 13.7. The zero-order valence-electron chi connectivity index (χ0n) is 11.7. The lowest BCUT2D eigenvalue weighted by Gasteiger charge is -2.28. The molecule has 0 bridgehead atoms. The molecule has 0 unspecified atom stereocenters. The molecule has 4 nitrogen and oxygen atoms in total. The number of rotatable bonds is 6. The Balaban J connectivity index is 2.03. The van der Waals surface area contributed by atoms with Crippen molar-refractivity contribution in [3.8, 4) is 11.5 Å². The molecule has 1 aliphatic carbocycles. The highest BCUT2D eigenvalue weighted by atomic mass is 16.5. The van der Waals surface area contributed by atoms with E-state index in [1.807, 2.05) is 18.2 Å². The molecule has 0 aliphatic heterocycles. The molecule has 0 radical (unpaired) electrons. The van der Waals surface area contributed by atoms with Crippen molar-refractivity contribution in [1.29, 1.82) is 0 Å². The monoisotopic (exact) mass is 265 g/mol. The van der Waals surface area contributed by atoms with Crippen LogP contribution < -0.4 is 14.8 Å². The first kappa shape index (κ1) is 14.2. The third kappa shape index (κ3) is 3.19. The van der Waals surface area contributed by atoms with Gasteiger partial charge in [-0.15, -0.1) is 0 Å². The summed E-state index contributed by atoms with van der Waals surface area (Å²) in [6, 6.07) is 5.91. The Labute approximate surface area is 114 Å². The van der Waals surface area contributed by atoms with Crippen molar-refractivity contribution in [2.45, 2.75) is 37.8 Å². The molecular weight excluding hydrogens is 242 g/mol. The van der Waals surface area contributed by atoms with E-state index < -0.39 is 0 Å². The Kier molecular flexibility index (Phi) is 4.66. The minimum absolute atomic E-state index is 0.0901. The number of benzene rings is 1. The van der Waals surface area contributed by atoms with E-state index >= 15 is 0 Å². The van der Waals surface area contributed by atoms with E-state index in [0.29, 0.717) is 0 Å². The maximum atomic E-state index is 9.57. The number of nitrogens with one attached hydrogen (secondary N) is 1. The van der Waals surface area contributed by atoms with Gasteiger partial charge >= 0.3 is 0 Å². The lowest BCUT2D eigenvalue weighted by Crippen LogP contribution is -2.45. The van der Waals surface area contributed by atoms with E-state index in [2.05, 4.69) is 5.32 Å². The smallest absolute Gasteiger partial charge is 0.161 e. The average molecular weight is 265 g/mol. The second-order valence-corrected chi connectivity index (χ2v) is 5.19. The normalized spacial score (nSPS) is 17.4. The molecular formula is C15H23NO3. The fourth-order valence-corrected chi connectivity index (χ4v) is 2.72. The fourth-order valence-electron chi connectivity index (χ4n) is 2.72. The number of hydrogen-bond acceptors (Lipinski definition) is 4. The lowest BCUT2D eigenvalue weighted by molar-refractivity contribution is 0.163. The predicted octanol–water partition coefficient (Wildman–Crippen LogP) is 2.10. The first-order valence-corrected chi connectivity index (χ1v) is 6.80. The van der Waals surface area contributed by atoms with Crippen LogP contribution in [0.15, 0.2) is 18.2 Å². The molecule has 2 rings (SSSR count). The highest BCUT2D eigenvalue weighted by Crippen LogP contribution is 2.31. The first-order chi connectivity index (χ1) is 9.23. The summed E-state index contributed by atoms with van der Waals surface area (Å²) < 4.78 is 10.5. The van der Waals surface area contributed by atoms with Gasteiger partial charge in [-0.1, -0.05) is 18.9 Å². The minimum atomic E-state index is -0.0901. The molecule has 4 heteroatoms. The Morgan fingerprint density at radius 2 is 1.84 bits per heavy atom. The van der Waals surface area contributed by atoms with E-state index in [-0.39, 0.29) is 12.1 Å². The van der Waals surface area contributed by atoms with Crippen molar-refractivity contribution in [1.82, 2.24) is 5.32 Å². The van der Waals surface area contributed by atoms with E-state index in [0.717, 1.165) is 36.4 Å². The van der Waals surface area contributed by atoms with Crippen LogP contribution >= 0.6 is 0 Å². The van der Waals surface area contributed by atoms with Crippen molar-refractivity contribution in [2.75, 3.05) is 20.8 Å². The van der Waals surface area contributed by atoms with Gasteiger partial charge in [0.15, 0.2) is 11.5 Å². The van der Waals surface area contributed by atoms with E-state index in [1.165, 1.54) is 12.8 Å². The molecule has 0 aromatic heterocycles. The van der Waals surface area contributed by atoms with Crippen molar-refractivity contribution in [2.24, 2.45) is 0 Å². The Bertz CT molecular complexity index is 414. The van der Waals surface area contributed by atoms with Gasteiger partial charge in [0.2, 0.25) is 0 Å². The molecule has 0 atom stereocenters. The molecule has 1 aliphatic rings. The zero-order valence-corrected chi connectivity index (χ0v) is 11.7. The lowest BCUT2D eigenvalue weighted by atomic mass is 9.98. The van der Waals surface area contributed by atoms with Crippen LogP contribution in [0.3, 0.4) is 0 Å². The number of ether oxygens (including phenoxy) is 2. The quantitative estimate of drug-likeness (QED) is 0.827. The third-order valence-electron chi connectivity index (χ3n) is 3.98. The van der Waals surface area contributed by atoms with Gasteiger partial charge in [0.05, 0.1) is 20.8 Å². The summed E-state index contributed by atoms with van der Waals surface area (Å²) in [6.45, 7) is 0.946. The third-order valence-corrected chi connectivity index (χ3v) is 3.98. The number of aliphatic hydroxyl groups excluding tert-OH is 1. The van der Waals surface area contributed by atoms with E-state index in [1.54, 1.807) is 14.2 Å². The average Bonchev–Trinajstić information content (AvgIpc) is 2.94. The van der Waals surface area contributed by atoms with E-state index in [9.17, 15) is 5.11 Å². The van der Waals surface area contributed by atoms with Crippen LogP contribution in [0.4, 0.5) is 0 Å². The Morgan fingerprint density at radius 3 is 2.42 bits per heavy atom. The SMILES string of the molecule is COc1ccc(CNC2(CO)CCCC2)cc1OC. The standard InChI is InChI=1S/C15H23NO3/c1-18-13-6-5-12(9-14(13)19-2)10-16-15(11-17)7-3-4-8-15/h5-6,9,16-17H,3-4,7-8,10-11H2,1-2H3. The molecule has 1 fully saturated rings. The Hall–Kier alpha value is -1.26. The van der Waals surface area contributed by atoms with Gasteiger partial charge in [0.1, 0.15) is 0 Å². The van der Waals surface area contributed by atoms with Gasteiger partial charge in [0.25, 0.3) is 0 Å². The number of methoxy groups -OCH3 is 2. The van der Waals surface area contributed by atoms with Crippen LogP contribution in [-0.4, -0.2) is 31.5 Å². The summed E-state index contributed by atoms with van der Waals surface area (Å²) >= 11 is 0. The second kappa shape index (κ2) is 6.26. The van der Waals surface area contributed by atoms with Gasteiger partial charge < -0.3 is 19.9 Å². The molecule has 106 valence electrons. The van der Waals surface area contributed by atoms with Gasteiger partial charge in [-0.3, -0.25) is 0 Å². The van der Waals surface area contributed by atoms with Crippen LogP contribution in [0.1, 0.15) is 31.2 Å². The van der Waals surface area contributed by atoms with Crippen LogP contribution in [0.5, 0.6) is 11.5 Å². The summed E-state index contributed by atoms with van der Waals surface area (Å²) in [7, 11) is 3.27. The maximum Gasteiger partial charge on any atom is 0.161 e. The van der Waals surface area contributed by atoms with Gasteiger partial charge in [-0.25, -0.2) is 0 Å². The van der Waals surface area contributed by atoms with Gasteiger partial charge in [0, 0.05) is 12.1 Å². The topological polar surface area (TPSA) is 50.7 Å². The van der Waals surface area contributed by atoms with Crippen LogP contribution in [0.25, 0.3) is 0 Å². The summed E-state index contributed by atoms with van der Waals surface area (Å²) in [5.41, 5.74) is 1.05. The molecule has 0 saturated heterocycles. The van der Waals surface area contributed by atoms with Gasteiger partial charge in [-0.05, 0) is 30.5 Å². The van der Waals surface area contributed by atoms with Crippen LogP contribution in [0, 0.1) is 0 Å². The largest absolute Gasteiger partial charge is 0.493 e. The van der Waals surface area contributed by atoms with Crippen molar-refractivity contribution >= 4 is 0 Å². The predicted molar refractivity (Wildman–Crippen MR) is 74.7 cm³/mol. The van der Waals surface area contributed by atoms with Crippen molar-refractivity contribution < 1.29 is 14.6 Å².